The van der Waals surface area contributed by atoms with Gasteiger partial charge in [-0.15, -0.1) is 0 Å². The van der Waals surface area contributed by atoms with Crippen molar-refractivity contribution in [3.05, 3.63) is 65.4 Å². The lowest BCUT2D eigenvalue weighted by atomic mass is 10.0. The van der Waals surface area contributed by atoms with E-state index in [-0.39, 0.29) is 5.78 Å². The number of carbonyl (C=O) groups is 1. The van der Waals surface area contributed by atoms with Crippen LogP contribution in [0.5, 0.6) is 46.0 Å². The number of ether oxygens (including phenoxy) is 8. The van der Waals surface area contributed by atoms with Gasteiger partial charge in [0.2, 0.25) is 11.5 Å². The summed E-state index contributed by atoms with van der Waals surface area (Å²) in [5.41, 5.74) is 3.02. The molecule has 10 nitrogen and oxygen atoms in total. The largest absolute Gasteiger partial charge is 0.493 e. The molecule has 0 aliphatic rings. The van der Waals surface area contributed by atoms with Gasteiger partial charge in [0.25, 0.3) is 0 Å². The van der Waals surface area contributed by atoms with E-state index in [1.54, 1.807) is 53.9 Å². The molecule has 0 unspecified atom stereocenters. The molecule has 0 saturated carbocycles. The van der Waals surface area contributed by atoms with Crippen molar-refractivity contribution in [2.45, 2.75) is 12.8 Å². The SMILES string of the molecule is COc1cc(CCc2cc(OC)c(OC)c(OC)c2)cc(N/C=C\C(=O)c2cc(OC)c(OC)c(OC)c2)c1OC. The smallest absolute Gasteiger partial charge is 0.203 e. The summed E-state index contributed by atoms with van der Waals surface area (Å²) in [4.78, 5) is 13.0. The summed E-state index contributed by atoms with van der Waals surface area (Å²) in [6.45, 7) is 0. The Balaban J connectivity index is 1.84. The van der Waals surface area contributed by atoms with Crippen molar-refractivity contribution in [2.24, 2.45) is 0 Å². The van der Waals surface area contributed by atoms with Crippen LogP contribution in [0.15, 0.2) is 48.7 Å². The van der Waals surface area contributed by atoms with Gasteiger partial charge < -0.3 is 43.2 Å². The third kappa shape index (κ3) is 7.08. The zero-order valence-corrected chi connectivity index (χ0v) is 24.7. The van der Waals surface area contributed by atoms with Crippen LogP contribution in [0.3, 0.4) is 0 Å². The lowest BCUT2D eigenvalue weighted by Gasteiger charge is -2.16. The van der Waals surface area contributed by atoms with E-state index in [0.29, 0.717) is 70.1 Å². The van der Waals surface area contributed by atoms with Gasteiger partial charge in [-0.05, 0) is 60.4 Å². The molecule has 0 bridgehead atoms. The predicted molar refractivity (Wildman–Crippen MR) is 156 cm³/mol. The highest BCUT2D eigenvalue weighted by Gasteiger charge is 2.17. The summed E-state index contributed by atoms with van der Waals surface area (Å²) in [7, 11) is 12.4. The highest BCUT2D eigenvalue weighted by molar-refractivity contribution is 6.05. The molecule has 3 rings (SSSR count). The average molecular weight is 568 g/mol. The molecule has 0 fully saturated rings. The molecule has 0 aromatic heterocycles. The lowest BCUT2D eigenvalue weighted by Crippen LogP contribution is -2.03. The minimum atomic E-state index is -0.263. The van der Waals surface area contributed by atoms with Crippen LogP contribution in [0.4, 0.5) is 5.69 Å². The Morgan fingerprint density at radius 3 is 1.37 bits per heavy atom. The quantitative estimate of drug-likeness (QED) is 0.191. The number of rotatable bonds is 15. The zero-order valence-electron chi connectivity index (χ0n) is 24.7. The fourth-order valence-electron chi connectivity index (χ4n) is 4.37. The summed E-state index contributed by atoms with van der Waals surface area (Å²) in [6, 6.07) is 10.9. The first-order chi connectivity index (χ1) is 19.9. The Labute approximate surface area is 240 Å². The van der Waals surface area contributed by atoms with Gasteiger partial charge in [-0.2, -0.15) is 0 Å². The molecule has 10 heteroatoms. The topological polar surface area (TPSA) is 103 Å². The maximum absolute atomic E-state index is 13.0. The van der Waals surface area contributed by atoms with Crippen molar-refractivity contribution >= 4 is 11.5 Å². The van der Waals surface area contributed by atoms with Gasteiger partial charge in [0, 0.05) is 17.8 Å². The van der Waals surface area contributed by atoms with E-state index in [1.165, 1.54) is 27.4 Å². The summed E-state index contributed by atoms with van der Waals surface area (Å²) >= 11 is 0. The third-order valence-corrected chi connectivity index (χ3v) is 6.39. The van der Waals surface area contributed by atoms with E-state index >= 15 is 0 Å². The van der Waals surface area contributed by atoms with Crippen molar-refractivity contribution in [3.63, 3.8) is 0 Å². The minimum absolute atomic E-state index is 0.263. The fraction of sp³-hybridized carbons (Fsp3) is 0.323. The van der Waals surface area contributed by atoms with E-state index in [9.17, 15) is 4.79 Å². The number of hydrogen-bond acceptors (Lipinski definition) is 10. The molecular formula is C31H37NO9. The molecule has 0 aliphatic heterocycles. The lowest BCUT2D eigenvalue weighted by molar-refractivity contribution is 0.104. The van der Waals surface area contributed by atoms with Crippen LogP contribution in [-0.2, 0) is 12.8 Å². The first kappa shape index (κ1) is 30.8. The maximum Gasteiger partial charge on any atom is 0.203 e. The highest BCUT2D eigenvalue weighted by Crippen LogP contribution is 2.40. The van der Waals surface area contributed by atoms with Crippen LogP contribution < -0.4 is 43.2 Å². The van der Waals surface area contributed by atoms with Crippen LogP contribution in [-0.4, -0.2) is 62.7 Å². The average Bonchev–Trinajstić information content (AvgIpc) is 3.01. The normalized spacial score (nSPS) is 10.6. The molecule has 1 N–H and O–H groups in total. The van der Waals surface area contributed by atoms with Gasteiger partial charge in [0.05, 0.1) is 62.6 Å². The number of hydrogen-bond donors (Lipinski definition) is 1. The molecular weight excluding hydrogens is 530 g/mol. The Kier molecular flexibility index (Phi) is 11.0. The molecule has 0 heterocycles. The van der Waals surface area contributed by atoms with E-state index in [1.807, 2.05) is 24.3 Å². The summed E-state index contributed by atoms with van der Waals surface area (Å²) in [5.74, 6) is 3.73. The van der Waals surface area contributed by atoms with Crippen LogP contribution >= 0.6 is 0 Å². The summed E-state index contributed by atoms with van der Waals surface area (Å²) < 4.78 is 43.6. The second kappa shape index (κ2) is 14.6. The maximum atomic E-state index is 13.0. The second-order valence-electron chi connectivity index (χ2n) is 8.67. The Morgan fingerprint density at radius 1 is 0.561 bits per heavy atom. The molecule has 41 heavy (non-hydrogen) atoms. The first-order valence-electron chi connectivity index (χ1n) is 12.7. The van der Waals surface area contributed by atoms with Gasteiger partial charge in [-0.1, -0.05) is 0 Å². The van der Waals surface area contributed by atoms with E-state index in [2.05, 4.69) is 5.32 Å². The Bertz CT molecular complexity index is 1330. The van der Waals surface area contributed by atoms with Gasteiger partial charge in [0.1, 0.15) is 0 Å². The highest BCUT2D eigenvalue weighted by atomic mass is 16.5. The Hall–Kier alpha value is -4.73. The van der Waals surface area contributed by atoms with E-state index < -0.39 is 0 Å². The number of benzene rings is 3. The number of carbonyl (C=O) groups excluding carboxylic acids is 1. The number of methoxy groups -OCH3 is 8. The molecule has 0 radical (unpaired) electrons. The fourth-order valence-corrected chi connectivity index (χ4v) is 4.37. The number of aryl methyl sites for hydroxylation is 2. The molecule has 220 valence electrons. The van der Waals surface area contributed by atoms with E-state index in [4.69, 9.17) is 37.9 Å². The van der Waals surface area contributed by atoms with Crippen LogP contribution in [0.25, 0.3) is 0 Å². The molecule has 3 aromatic rings. The number of allylic oxidation sites excluding steroid dienone is 1. The molecule has 0 atom stereocenters. The third-order valence-electron chi connectivity index (χ3n) is 6.39. The Morgan fingerprint density at radius 2 is 0.951 bits per heavy atom. The molecule has 0 amide bonds. The van der Waals surface area contributed by atoms with Gasteiger partial charge >= 0.3 is 0 Å². The van der Waals surface area contributed by atoms with Crippen molar-refractivity contribution in [2.75, 3.05) is 62.2 Å². The molecule has 0 saturated heterocycles. The van der Waals surface area contributed by atoms with Crippen LogP contribution in [0.1, 0.15) is 21.5 Å². The number of anilines is 1. The van der Waals surface area contributed by atoms with Crippen molar-refractivity contribution in [1.29, 1.82) is 0 Å². The zero-order chi connectivity index (χ0) is 29.9. The minimum Gasteiger partial charge on any atom is -0.493 e. The molecule has 3 aromatic carbocycles. The van der Waals surface area contributed by atoms with Gasteiger partial charge in [0.15, 0.2) is 40.3 Å². The monoisotopic (exact) mass is 567 g/mol. The van der Waals surface area contributed by atoms with Crippen molar-refractivity contribution < 1.29 is 42.7 Å². The molecule has 0 spiro atoms. The van der Waals surface area contributed by atoms with Gasteiger partial charge in [-0.3, -0.25) is 4.79 Å². The van der Waals surface area contributed by atoms with Crippen LogP contribution in [0.2, 0.25) is 0 Å². The van der Waals surface area contributed by atoms with Crippen LogP contribution in [0, 0.1) is 0 Å². The van der Waals surface area contributed by atoms with E-state index in [0.717, 1.165) is 11.1 Å². The van der Waals surface area contributed by atoms with Crippen molar-refractivity contribution in [3.8, 4) is 46.0 Å². The standard InChI is InChI=1S/C31H37NO9/c1-34-24-14-19(9-10-20-15-25(35-2)30(40-7)26(16-20)36-3)13-22(29(24)39-6)32-12-11-23(33)21-17-27(37-4)31(41-8)28(18-21)38-5/h11-18,32H,9-10H2,1-8H3/b12-11-. The van der Waals surface area contributed by atoms with Crippen molar-refractivity contribution in [1.82, 2.24) is 0 Å². The second-order valence-corrected chi connectivity index (χ2v) is 8.67. The number of nitrogens with one attached hydrogen (secondary N) is 1. The van der Waals surface area contributed by atoms with Gasteiger partial charge in [-0.25, -0.2) is 0 Å². The number of ketones is 1. The summed E-state index contributed by atoms with van der Waals surface area (Å²) in [5, 5.41) is 3.16. The predicted octanol–water partition coefficient (Wildman–Crippen LogP) is 5.35. The molecule has 0 aliphatic carbocycles. The summed E-state index contributed by atoms with van der Waals surface area (Å²) in [6.07, 6.45) is 4.34. The first-order valence-corrected chi connectivity index (χ1v) is 12.7.